The van der Waals surface area contributed by atoms with Gasteiger partial charge in [-0.3, -0.25) is 4.79 Å². The van der Waals surface area contributed by atoms with E-state index in [4.69, 9.17) is 11.6 Å². The SMILES string of the molecule is O=C(CCl)N1C[C@H](O)[C@@H](n2ccnc2)C1. The minimum atomic E-state index is -0.550. The number of hydrogen-bond acceptors (Lipinski definition) is 3. The molecule has 1 aromatic rings. The van der Waals surface area contributed by atoms with Crippen molar-refractivity contribution in [2.75, 3.05) is 19.0 Å². The van der Waals surface area contributed by atoms with Crippen molar-refractivity contribution >= 4 is 17.5 Å². The molecule has 0 spiro atoms. The summed E-state index contributed by atoms with van der Waals surface area (Å²) in [6, 6.07) is -0.111. The van der Waals surface area contributed by atoms with Gasteiger partial charge in [0.2, 0.25) is 5.91 Å². The Morgan fingerprint density at radius 2 is 2.40 bits per heavy atom. The summed E-state index contributed by atoms with van der Waals surface area (Å²) in [6.45, 7) is 0.831. The van der Waals surface area contributed by atoms with Gasteiger partial charge in [-0.05, 0) is 0 Å². The number of aromatic nitrogens is 2. The average molecular weight is 230 g/mol. The Kier molecular flexibility index (Phi) is 2.93. The van der Waals surface area contributed by atoms with Crippen molar-refractivity contribution in [1.29, 1.82) is 0 Å². The molecule has 1 amide bonds. The van der Waals surface area contributed by atoms with Crippen LogP contribution in [0.5, 0.6) is 0 Å². The molecule has 1 aliphatic heterocycles. The number of alkyl halides is 1. The van der Waals surface area contributed by atoms with E-state index in [0.29, 0.717) is 13.1 Å². The van der Waals surface area contributed by atoms with E-state index in [9.17, 15) is 9.90 Å². The third-order valence-electron chi connectivity index (χ3n) is 2.63. The lowest BCUT2D eigenvalue weighted by Gasteiger charge is -2.15. The lowest BCUT2D eigenvalue weighted by Crippen LogP contribution is -2.30. The van der Waals surface area contributed by atoms with Crippen LogP contribution in [0.1, 0.15) is 6.04 Å². The Labute approximate surface area is 92.3 Å². The van der Waals surface area contributed by atoms with Gasteiger partial charge in [-0.15, -0.1) is 11.6 Å². The van der Waals surface area contributed by atoms with Gasteiger partial charge >= 0.3 is 0 Å². The Morgan fingerprint density at radius 3 is 3.00 bits per heavy atom. The Hall–Kier alpha value is -1.07. The zero-order chi connectivity index (χ0) is 10.8. The number of aliphatic hydroxyl groups is 1. The van der Waals surface area contributed by atoms with Crippen LogP contribution in [0.25, 0.3) is 0 Å². The summed E-state index contributed by atoms with van der Waals surface area (Å²) in [5, 5.41) is 9.79. The summed E-state index contributed by atoms with van der Waals surface area (Å²) >= 11 is 5.46. The topological polar surface area (TPSA) is 58.4 Å². The number of carbonyl (C=O) groups excluding carboxylic acids is 1. The summed E-state index contributed by atoms with van der Waals surface area (Å²) < 4.78 is 1.81. The number of amides is 1. The van der Waals surface area contributed by atoms with Gasteiger partial charge in [0.1, 0.15) is 5.88 Å². The monoisotopic (exact) mass is 229 g/mol. The van der Waals surface area contributed by atoms with E-state index in [2.05, 4.69) is 4.98 Å². The van der Waals surface area contributed by atoms with Gasteiger partial charge in [-0.25, -0.2) is 4.98 Å². The fourth-order valence-corrected chi connectivity index (χ4v) is 1.99. The fraction of sp³-hybridized carbons (Fsp3) is 0.556. The Morgan fingerprint density at radius 1 is 1.60 bits per heavy atom. The van der Waals surface area contributed by atoms with Crippen molar-refractivity contribution in [3.63, 3.8) is 0 Å². The standard InChI is InChI=1S/C9H12ClN3O2/c10-3-9(15)13-4-7(8(14)5-13)12-2-1-11-6-12/h1-2,6-8,14H,3-5H2/t7-,8-/m0/s1. The van der Waals surface area contributed by atoms with Crippen molar-refractivity contribution in [2.45, 2.75) is 12.1 Å². The molecular formula is C9H12ClN3O2. The zero-order valence-electron chi connectivity index (χ0n) is 8.08. The predicted molar refractivity (Wildman–Crippen MR) is 54.6 cm³/mol. The molecule has 0 aromatic carbocycles. The largest absolute Gasteiger partial charge is 0.389 e. The summed E-state index contributed by atoms with van der Waals surface area (Å²) in [5.41, 5.74) is 0. The van der Waals surface area contributed by atoms with E-state index in [1.165, 1.54) is 0 Å². The maximum Gasteiger partial charge on any atom is 0.237 e. The molecule has 0 bridgehead atoms. The Bertz CT molecular complexity index is 341. The van der Waals surface area contributed by atoms with E-state index in [1.54, 1.807) is 23.6 Å². The first-order valence-electron chi connectivity index (χ1n) is 4.71. The predicted octanol–water partition coefficient (Wildman–Crippen LogP) is -0.134. The van der Waals surface area contributed by atoms with Crippen LogP contribution in [-0.2, 0) is 4.79 Å². The number of hydrogen-bond donors (Lipinski definition) is 1. The third-order valence-corrected chi connectivity index (χ3v) is 2.86. The molecule has 2 heterocycles. The molecule has 2 atom stereocenters. The van der Waals surface area contributed by atoms with Crippen molar-refractivity contribution in [3.05, 3.63) is 18.7 Å². The van der Waals surface area contributed by atoms with Crippen LogP contribution in [0.15, 0.2) is 18.7 Å². The molecule has 0 aliphatic carbocycles. The van der Waals surface area contributed by atoms with Crippen LogP contribution in [0, 0.1) is 0 Å². The van der Waals surface area contributed by atoms with Gasteiger partial charge in [0.25, 0.3) is 0 Å². The minimum absolute atomic E-state index is 0.0383. The molecule has 1 aliphatic rings. The number of imidazole rings is 1. The number of nitrogens with zero attached hydrogens (tertiary/aromatic N) is 3. The van der Waals surface area contributed by atoms with Gasteiger partial charge in [0.15, 0.2) is 0 Å². The van der Waals surface area contributed by atoms with E-state index in [0.717, 1.165) is 0 Å². The van der Waals surface area contributed by atoms with Crippen molar-refractivity contribution < 1.29 is 9.90 Å². The van der Waals surface area contributed by atoms with Gasteiger partial charge < -0.3 is 14.6 Å². The molecule has 5 nitrogen and oxygen atoms in total. The first-order chi connectivity index (χ1) is 7.22. The molecular weight excluding hydrogens is 218 g/mol. The molecule has 15 heavy (non-hydrogen) atoms. The first-order valence-corrected chi connectivity index (χ1v) is 5.25. The van der Waals surface area contributed by atoms with Gasteiger partial charge in [-0.2, -0.15) is 0 Å². The lowest BCUT2D eigenvalue weighted by atomic mass is 10.2. The molecule has 0 unspecified atom stereocenters. The molecule has 1 saturated heterocycles. The van der Waals surface area contributed by atoms with Crippen LogP contribution in [0.4, 0.5) is 0 Å². The molecule has 0 saturated carbocycles. The minimum Gasteiger partial charge on any atom is -0.389 e. The van der Waals surface area contributed by atoms with Crippen LogP contribution < -0.4 is 0 Å². The van der Waals surface area contributed by atoms with Crippen LogP contribution >= 0.6 is 11.6 Å². The van der Waals surface area contributed by atoms with Crippen LogP contribution in [0.3, 0.4) is 0 Å². The fourth-order valence-electron chi connectivity index (χ4n) is 1.82. The second-order valence-electron chi connectivity index (χ2n) is 3.58. The number of aliphatic hydroxyl groups excluding tert-OH is 1. The van der Waals surface area contributed by atoms with E-state index >= 15 is 0 Å². The summed E-state index contributed by atoms with van der Waals surface area (Å²) in [5.74, 6) is -0.179. The van der Waals surface area contributed by atoms with Crippen molar-refractivity contribution in [2.24, 2.45) is 0 Å². The highest BCUT2D eigenvalue weighted by atomic mass is 35.5. The average Bonchev–Trinajstić information content (AvgIpc) is 2.84. The second kappa shape index (κ2) is 4.20. The Balaban J connectivity index is 2.08. The van der Waals surface area contributed by atoms with Crippen LogP contribution in [0.2, 0.25) is 0 Å². The summed E-state index contributed by atoms with van der Waals surface area (Å²) in [7, 11) is 0. The number of likely N-dealkylation sites (tertiary alicyclic amines) is 1. The normalized spacial score (nSPS) is 25.9. The zero-order valence-corrected chi connectivity index (χ0v) is 8.84. The highest BCUT2D eigenvalue weighted by Gasteiger charge is 2.34. The quantitative estimate of drug-likeness (QED) is 0.719. The van der Waals surface area contributed by atoms with Gasteiger partial charge in [-0.1, -0.05) is 0 Å². The maximum absolute atomic E-state index is 11.3. The van der Waals surface area contributed by atoms with Crippen LogP contribution in [-0.4, -0.2) is 50.5 Å². The van der Waals surface area contributed by atoms with Crippen molar-refractivity contribution in [3.8, 4) is 0 Å². The molecule has 2 rings (SSSR count). The highest BCUT2D eigenvalue weighted by molar-refractivity contribution is 6.27. The van der Waals surface area contributed by atoms with E-state index in [-0.39, 0.29) is 17.8 Å². The molecule has 0 radical (unpaired) electrons. The lowest BCUT2D eigenvalue weighted by molar-refractivity contribution is -0.127. The molecule has 1 aromatic heterocycles. The number of β-amino-alcohol motifs (C(OH)–C–C–N with tert-alkyl or cyclic N) is 1. The van der Waals surface area contributed by atoms with E-state index < -0.39 is 6.10 Å². The molecule has 6 heteroatoms. The number of rotatable bonds is 2. The highest BCUT2D eigenvalue weighted by Crippen LogP contribution is 2.21. The molecule has 82 valence electrons. The summed E-state index contributed by atoms with van der Waals surface area (Å²) in [6.07, 6.45) is 4.52. The second-order valence-corrected chi connectivity index (χ2v) is 3.84. The van der Waals surface area contributed by atoms with Crippen molar-refractivity contribution in [1.82, 2.24) is 14.5 Å². The number of halogens is 1. The van der Waals surface area contributed by atoms with E-state index in [1.807, 2.05) is 4.57 Å². The molecule has 1 fully saturated rings. The maximum atomic E-state index is 11.3. The smallest absolute Gasteiger partial charge is 0.237 e. The van der Waals surface area contributed by atoms with Gasteiger partial charge in [0, 0.05) is 25.5 Å². The first kappa shape index (κ1) is 10.4. The summed E-state index contributed by atoms with van der Waals surface area (Å²) in [4.78, 5) is 16.8. The number of carbonyl (C=O) groups is 1. The van der Waals surface area contributed by atoms with Gasteiger partial charge in [0.05, 0.1) is 18.5 Å². The molecule has 1 N–H and O–H groups in total. The third kappa shape index (κ3) is 1.98.